The van der Waals surface area contributed by atoms with Crippen LogP contribution in [0.1, 0.15) is 33.3 Å². The predicted molar refractivity (Wildman–Crippen MR) is 105 cm³/mol. The van der Waals surface area contributed by atoms with Gasteiger partial charge >= 0.3 is 0 Å². The van der Waals surface area contributed by atoms with E-state index in [4.69, 9.17) is 9.47 Å². The van der Waals surface area contributed by atoms with Crippen LogP contribution in [0.25, 0.3) is 0 Å². The summed E-state index contributed by atoms with van der Waals surface area (Å²) in [4.78, 5) is 11.1. The Morgan fingerprint density at radius 1 is 1.31 bits per heavy atom. The van der Waals surface area contributed by atoms with Gasteiger partial charge in [-0.15, -0.1) is 0 Å². The molecule has 0 unspecified atom stereocenters. The summed E-state index contributed by atoms with van der Waals surface area (Å²) in [6.07, 6.45) is 1.96. The second kappa shape index (κ2) is 9.73. The number of aromatic nitrogens is 1. The molecule has 146 valence electrons. The summed E-state index contributed by atoms with van der Waals surface area (Å²) in [5.41, 5.74) is 1.12. The molecule has 1 aliphatic rings. The van der Waals surface area contributed by atoms with E-state index < -0.39 is 0 Å². The molecule has 1 fully saturated rings. The van der Waals surface area contributed by atoms with Crippen LogP contribution in [0.2, 0.25) is 0 Å². The smallest absolute Gasteiger partial charge is 0.213 e. The molecule has 0 spiro atoms. The van der Waals surface area contributed by atoms with Gasteiger partial charge in [0.25, 0.3) is 0 Å². The van der Waals surface area contributed by atoms with E-state index in [1.165, 1.54) is 0 Å². The molecule has 1 aliphatic heterocycles. The molecule has 0 bridgehead atoms. The van der Waals surface area contributed by atoms with Crippen LogP contribution in [0.5, 0.6) is 5.88 Å². The Balaban J connectivity index is 1.80. The second-order valence-electron chi connectivity index (χ2n) is 7.36. The van der Waals surface area contributed by atoms with E-state index in [0.29, 0.717) is 12.4 Å². The maximum atomic E-state index is 5.57. The number of aliphatic imine (C=N–C) groups is 1. The van der Waals surface area contributed by atoms with Crippen LogP contribution in [0.3, 0.4) is 0 Å². The number of hydrogen-bond acceptors (Lipinski definition) is 5. The molecule has 0 aliphatic carbocycles. The number of ether oxygens (including phenoxy) is 2. The van der Waals surface area contributed by atoms with E-state index in [-0.39, 0.29) is 11.6 Å². The third-order valence-corrected chi connectivity index (χ3v) is 4.39. The lowest BCUT2D eigenvalue weighted by atomic mass is 10.0. The third-order valence-electron chi connectivity index (χ3n) is 4.39. The van der Waals surface area contributed by atoms with Gasteiger partial charge in [0.2, 0.25) is 5.88 Å². The first-order valence-corrected chi connectivity index (χ1v) is 9.29. The number of rotatable bonds is 7. The lowest BCUT2D eigenvalue weighted by Crippen LogP contribution is -2.56. The molecule has 26 heavy (non-hydrogen) atoms. The van der Waals surface area contributed by atoms with E-state index in [9.17, 15) is 0 Å². The van der Waals surface area contributed by atoms with Gasteiger partial charge in [-0.05, 0) is 33.3 Å². The quantitative estimate of drug-likeness (QED) is 0.567. The Morgan fingerprint density at radius 2 is 2.04 bits per heavy atom. The molecule has 0 aromatic carbocycles. The molecule has 0 atom stereocenters. The standard InChI is InChI=1S/C19H33N5O2/c1-15(2)26-17-7-6-16(12-21-17)13-22-18(20-5)23-14-19(3,4)24-8-10-25-11-9-24/h6-7,12,15H,8-11,13-14H2,1-5H3,(H2,20,22,23). The Morgan fingerprint density at radius 3 is 2.62 bits per heavy atom. The van der Waals surface area contributed by atoms with E-state index in [2.05, 4.69) is 39.4 Å². The van der Waals surface area contributed by atoms with Crippen LogP contribution in [-0.4, -0.2) is 67.4 Å². The number of pyridine rings is 1. The Labute approximate surface area is 157 Å². The summed E-state index contributed by atoms with van der Waals surface area (Å²) in [5, 5.41) is 6.76. The summed E-state index contributed by atoms with van der Waals surface area (Å²) in [6, 6.07) is 3.91. The molecule has 1 aromatic heterocycles. The minimum atomic E-state index is 0.0405. The predicted octanol–water partition coefficient (Wildman–Crippen LogP) is 1.64. The van der Waals surface area contributed by atoms with Gasteiger partial charge in [-0.1, -0.05) is 6.07 Å². The first-order chi connectivity index (χ1) is 12.4. The van der Waals surface area contributed by atoms with Gasteiger partial charge in [-0.3, -0.25) is 9.89 Å². The summed E-state index contributed by atoms with van der Waals surface area (Å²) < 4.78 is 11.0. The minimum absolute atomic E-state index is 0.0405. The molecule has 7 nitrogen and oxygen atoms in total. The lowest BCUT2D eigenvalue weighted by Gasteiger charge is -2.41. The maximum Gasteiger partial charge on any atom is 0.213 e. The van der Waals surface area contributed by atoms with Crippen molar-refractivity contribution in [1.82, 2.24) is 20.5 Å². The van der Waals surface area contributed by atoms with Gasteiger partial charge in [0.1, 0.15) is 0 Å². The maximum absolute atomic E-state index is 5.57. The zero-order chi connectivity index (χ0) is 19.0. The van der Waals surface area contributed by atoms with E-state index in [0.717, 1.165) is 44.4 Å². The van der Waals surface area contributed by atoms with Gasteiger partial charge in [0.05, 0.1) is 19.3 Å². The normalized spacial score (nSPS) is 16.6. The highest BCUT2D eigenvalue weighted by molar-refractivity contribution is 5.79. The van der Waals surface area contributed by atoms with Crippen molar-refractivity contribution in [3.63, 3.8) is 0 Å². The Kier molecular flexibility index (Phi) is 7.66. The zero-order valence-corrected chi connectivity index (χ0v) is 16.7. The molecule has 1 saturated heterocycles. The van der Waals surface area contributed by atoms with Gasteiger partial charge in [-0.2, -0.15) is 0 Å². The lowest BCUT2D eigenvalue weighted by molar-refractivity contribution is -0.00834. The van der Waals surface area contributed by atoms with Gasteiger partial charge in [-0.25, -0.2) is 4.98 Å². The summed E-state index contributed by atoms with van der Waals surface area (Å²) in [7, 11) is 1.79. The van der Waals surface area contributed by atoms with E-state index in [1.54, 1.807) is 7.05 Å². The van der Waals surface area contributed by atoms with Gasteiger partial charge < -0.3 is 20.1 Å². The van der Waals surface area contributed by atoms with Crippen molar-refractivity contribution in [3.8, 4) is 5.88 Å². The minimum Gasteiger partial charge on any atom is -0.475 e. The SMILES string of the molecule is CN=C(NCc1ccc(OC(C)C)nc1)NCC(C)(C)N1CCOCC1. The van der Waals surface area contributed by atoms with Crippen molar-refractivity contribution in [2.45, 2.75) is 45.9 Å². The van der Waals surface area contributed by atoms with Crippen molar-refractivity contribution in [2.24, 2.45) is 4.99 Å². The average Bonchev–Trinajstić information content (AvgIpc) is 2.63. The number of morpholine rings is 1. The number of nitrogens with zero attached hydrogens (tertiary/aromatic N) is 3. The molecule has 2 heterocycles. The molecule has 7 heteroatoms. The van der Waals surface area contributed by atoms with Gasteiger partial charge in [0.15, 0.2) is 5.96 Å². The van der Waals surface area contributed by atoms with Crippen LogP contribution >= 0.6 is 0 Å². The van der Waals surface area contributed by atoms with Crippen LogP contribution < -0.4 is 15.4 Å². The fourth-order valence-corrected chi connectivity index (χ4v) is 2.81. The summed E-state index contributed by atoms with van der Waals surface area (Å²) >= 11 is 0. The Bertz CT molecular complexity index is 566. The van der Waals surface area contributed by atoms with Crippen LogP contribution in [-0.2, 0) is 11.3 Å². The van der Waals surface area contributed by atoms with Crippen molar-refractivity contribution >= 4 is 5.96 Å². The first-order valence-electron chi connectivity index (χ1n) is 9.29. The van der Waals surface area contributed by atoms with Crippen molar-refractivity contribution in [3.05, 3.63) is 23.9 Å². The largest absolute Gasteiger partial charge is 0.475 e. The second-order valence-corrected chi connectivity index (χ2v) is 7.36. The highest BCUT2D eigenvalue weighted by atomic mass is 16.5. The highest BCUT2D eigenvalue weighted by Gasteiger charge is 2.28. The third kappa shape index (κ3) is 6.46. The summed E-state index contributed by atoms with van der Waals surface area (Å²) in [6.45, 7) is 13.5. The Hall–Kier alpha value is -1.86. The van der Waals surface area contributed by atoms with Crippen LogP contribution in [0.4, 0.5) is 0 Å². The molecular weight excluding hydrogens is 330 g/mol. The number of guanidine groups is 1. The van der Waals surface area contributed by atoms with Crippen molar-refractivity contribution in [2.75, 3.05) is 39.9 Å². The van der Waals surface area contributed by atoms with E-state index in [1.807, 2.05) is 32.2 Å². The average molecular weight is 364 g/mol. The summed E-state index contributed by atoms with van der Waals surface area (Å²) in [5.74, 6) is 1.44. The first kappa shape index (κ1) is 20.5. The monoisotopic (exact) mass is 363 g/mol. The molecular formula is C19H33N5O2. The number of hydrogen-bond donors (Lipinski definition) is 2. The topological polar surface area (TPSA) is 71.0 Å². The van der Waals surface area contributed by atoms with Crippen molar-refractivity contribution < 1.29 is 9.47 Å². The van der Waals surface area contributed by atoms with Crippen molar-refractivity contribution in [1.29, 1.82) is 0 Å². The molecule has 0 amide bonds. The molecule has 2 N–H and O–H groups in total. The van der Waals surface area contributed by atoms with Gasteiger partial charge in [0, 0.05) is 51.0 Å². The number of nitrogens with one attached hydrogen (secondary N) is 2. The highest BCUT2D eigenvalue weighted by Crippen LogP contribution is 2.15. The zero-order valence-electron chi connectivity index (χ0n) is 16.7. The fourth-order valence-electron chi connectivity index (χ4n) is 2.81. The molecule has 0 radical (unpaired) electrons. The van der Waals surface area contributed by atoms with E-state index >= 15 is 0 Å². The van der Waals surface area contributed by atoms with Crippen LogP contribution in [0.15, 0.2) is 23.3 Å². The van der Waals surface area contributed by atoms with Crippen LogP contribution in [0, 0.1) is 0 Å². The molecule has 2 rings (SSSR count). The molecule has 0 saturated carbocycles. The fraction of sp³-hybridized carbons (Fsp3) is 0.684. The molecule has 1 aromatic rings.